The predicted octanol–water partition coefficient (Wildman–Crippen LogP) is 3.57. The average Bonchev–Trinajstić information content (AvgIpc) is 2.86. The normalized spacial score (nSPS) is 29.9. The Bertz CT molecular complexity index is 441. The summed E-state index contributed by atoms with van der Waals surface area (Å²) in [5.41, 5.74) is 4.33. The van der Waals surface area contributed by atoms with Crippen LogP contribution in [0.4, 0.5) is 5.69 Å². The lowest BCUT2D eigenvalue weighted by Crippen LogP contribution is -2.38. The fraction of sp³-hybridized carbons (Fsp3) is 0.647. The van der Waals surface area contributed by atoms with Gasteiger partial charge in [0.2, 0.25) is 0 Å². The second-order valence-corrected chi connectivity index (χ2v) is 6.51. The molecule has 0 amide bonds. The van der Waals surface area contributed by atoms with E-state index >= 15 is 0 Å². The Hall–Kier alpha value is -1.02. The van der Waals surface area contributed by atoms with Gasteiger partial charge in [-0.2, -0.15) is 0 Å². The first-order chi connectivity index (χ1) is 9.24. The number of para-hydroxylation sites is 1. The molecular formula is C17H26N2. The summed E-state index contributed by atoms with van der Waals surface area (Å²) >= 11 is 0. The van der Waals surface area contributed by atoms with Crippen LogP contribution in [0.1, 0.15) is 44.2 Å². The van der Waals surface area contributed by atoms with Gasteiger partial charge in [0.1, 0.15) is 0 Å². The molecule has 1 aliphatic carbocycles. The predicted molar refractivity (Wildman–Crippen MR) is 81.4 cm³/mol. The van der Waals surface area contributed by atoms with Crippen LogP contribution < -0.4 is 10.6 Å². The highest BCUT2D eigenvalue weighted by molar-refractivity contribution is 5.61. The molecule has 1 aromatic rings. The van der Waals surface area contributed by atoms with Gasteiger partial charge in [0.05, 0.1) is 0 Å². The van der Waals surface area contributed by atoms with Crippen LogP contribution in [0.25, 0.3) is 0 Å². The zero-order valence-corrected chi connectivity index (χ0v) is 12.2. The van der Waals surface area contributed by atoms with Gasteiger partial charge in [0.25, 0.3) is 0 Å². The third kappa shape index (κ3) is 2.79. The molecule has 1 aromatic carbocycles. The van der Waals surface area contributed by atoms with Crippen LogP contribution in [0, 0.1) is 11.8 Å². The van der Waals surface area contributed by atoms with Gasteiger partial charge in [-0.05, 0) is 48.6 Å². The van der Waals surface area contributed by atoms with E-state index in [-0.39, 0.29) is 0 Å². The number of hydrogen-bond donors (Lipinski definition) is 2. The lowest BCUT2D eigenvalue weighted by atomic mass is 9.80. The number of hydrogen-bond acceptors (Lipinski definition) is 2. The van der Waals surface area contributed by atoms with E-state index in [4.69, 9.17) is 0 Å². The van der Waals surface area contributed by atoms with Crippen LogP contribution in [0.5, 0.6) is 0 Å². The average molecular weight is 258 g/mol. The van der Waals surface area contributed by atoms with Crippen molar-refractivity contribution in [2.45, 2.75) is 52.1 Å². The zero-order valence-electron chi connectivity index (χ0n) is 12.2. The van der Waals surface area contributed by atoms with Gasteiger partial charge in [-0.3, -0.25) is 0 Å². The summed E-state index contributed by atoms with van der Waals surface area (Å²) in [5.74, 6) is 1.73. The number of rotatable bonds is 3. The summed E-state index contributed by atoms with van der Waals surface area (Å²) in [5, 5.41) is 7.33. The molecule has 3 unspecified atom stereocenters. The minimum Gasteiger partial charge on any atom is -0.384 e. The first-order valence-electron chi connectivity index (χ1n) is 7.82. The maximum atomic E-state index is 3.80. The Morgan fingerprint density at radius 3 is 3.00 bits per heavy atom. The molecule has 0 aromatic heterocycles. The van der Waals surface area contributed by atoms with E-state index in [2.05, 4.69) is 42.7 Å². The van der Waals surface area contributed by atoms with Gasteiger partial charge >= 0.3 is 0 Å². The minimum absolute atomic E-state index is 0.702. The molecule has 0 spiro atoms. The third-order valence-electron chi connectivity index (χ3n) is 4.92. The monoisotopic (exact) mass is 258 g/mol. The second-order valence-electron chi connectivity index (χ2n) is 6.51. The van der Waals surface area contributed by atoms with E-state index in [0.717, 1.165) is 24.9 Å². The van der Waals surface area contributed by atoms with Crippen LogP contribution >= 0.6 is 0 Å². The largest absolute Gasteiger partial charge is 0.384 e. The van der Waals surface area contributed by atoms with Crippen LogP contribution in [0.15, 0.2) is 18.2 Å². The molecule has 0 radical (unpaired) electrons. The SMILES string of the molecule is CC1CCC(NCc2cccc3c2NCC3)C(C)C1. The van der Waals surface area contributed by atoms with Crippen molar-refractivity contribution in [2.24, 2.45) is 11.8 Å². The molecule has 2 aliphatic rings. The maximum Gasteiger partial charge on any atom is 0.0419 e. The first-order valence-corrected chi connectivity index (χ1v) is 7.82. The quantitative estimate of drug-likeness (QED) is 0.866. The lowest BCUT2D eigenvalue weighted by Gasteiger charge is -2.33. The molecule has 1 fully saturated rings. The molecular weight excluding hydrogens is 232 g/mol. The number of anilines is 1. The highest BCUT2D eigenvalue weighted by atomic mass is 14.9. The summed E-state index contributed by atoms with van der Waals surface area (Å²) in [4.78, 5) is 0. The molecule has 1 saturated carbocycles. The Morgan fingerprint density at radius 1 is 1.26 bits per heavy atom. The summed E-state index contributed by atoms with van der Waals surface area (Å²) < 4.78 is 0. The molecule has 2 N–H and O–H groups in total. The van der Waals surface area contributed by atoms with Crippen molar-refractivity contribution >= 4 is 5.69 Å². The molecule has 19 heavy (non-hydrogen) atoms. The van der Waals surface area contributed by atoms with Gasteiger partial charge in [0, 0.05) is 24.8 Å². The molecule has 0 saturated heterocycles. The van der Waals surface area contributed by atoms with Gasteiger partial charge in [-0.15, -0.1) is 0 Å². The standard InChI is InChI=1S/C17H26N2/c1-12-6-7-16(13(2)10-12)19-11-15-5-3-4-14-8-9-18-17(14)15/h3-5,12-13,16,18-19H,6-11H2,1-2H3. The number of nitrogens with one attached hydrogen (secondary N) is 2. The smallest absolute Gasteiger partial charge is 0.0419 e. The second kappa shape index (κ2) is 5.54. The van der Waals surface area contributed by atoms with Crippen molar-refractivity contribution in [1.82, 2.24) is 5.32 Å². The Morgan fingerprint density at radius 2 is 2.16 bits per heavy atom. The number of fused-ring (bicyclic) bond motifs is 1. The van der Waals surface area contributed by atoms with Crippen molar-refractivity contribution in [3.8, 4) is 0 Å². The van der Waals surface area contributed by atoms with Crippen LogP contribution in [0.3, 0.4) is 0 Å². The summed E-state index contributed by atoms with van der Waals surface area (Å²) in [7, 11) is 0. The zero-order chi connectivity index (χ0) is 13.2. The highest BCUT2D eigenvalue weighted by Gasteiger charge is 2.25. The van der Waals surface area contributed by atoms with E-state index in [1.807, 2.05) is 0 Å². The summed E-state index contributed by atoms with van der Waals surface area (Å²) in [6, 6.07) is 7.42. The molecule has 3 atom stereocenters. The van der Waals surface area contributed by atoms with Crippen LogP contribution in [0.2, 0.25) is 0 Å². The van der Waals surface area contributed by atoms with Gasteiger partial charge in [-0.1, -0.05) is 32.0 Å². The summed E-state index contributed by atoms with van der Waals surface area (Å²) in [6.45, 7) is 6.91. The topological polar surface area (TPSA) is 24.1 Å². The fourth-order valence-corrected chi connectivity index (χ4v) is 3.77. The van der Waals surface area contributed by atoms with E-state index in [0.29, 0.717) is 6.04 Å². The van der Waals surface area contributed by atoms with Crippen molar-refractivity contribution in [1.29, 1.82) is 0 Å². The molecule has 2 nitrogen and oxygen atoms in total. The van der Waals surface area contributed by atoms with Gasteiger partial charge in [-0.25, -0.2) is 0 Å². The lowest BCUT2D eigenvalue weighted by molar-refractivity contribution is 0.227. The molecule has 2 heteroatoms. The molecule has 0 bridgehead atoms. The Balaban J connectivity index is 1.62. The molecule has 104 valence electrons. The molecule has 1 aliphatic heterocycles. The minimum atomic E-state index is 0.702. The van der Waals surface area contributed by atoms with Crippen molar-refractivity contribution in [3.05, 3.63) is 29.3 Å². The third-order valence-corrected chi connectivity index (χ3v) is 4.92. The molecule has 1 heterocycles. The first kappa shape index (κ1) is 13.0. The Kier molecular flexibility index (Phi) is 3.79. The van der Waals surface area contributed by atoms with Crippen molar-refractivity contribution in [2.75, 3.05) is 11.9 Å². The Labute approximate surface area is 117 Å². The van der Waals surface area contributed by atoms with Gasteiger partial charge in [0.15, 0.2) is 0 Å². The van der Waals surface area contributed by atoms with Gasteiger partial charge < -0.3 is 10.6 Å². The van der Waals surface area contributed by atoms with Crippen LogP contribution in [-0.2, 0) is 13.0 Å². The van der Waals surface area contributed by atoms with Crippen LogP contribution in [-0.4, -0.2) is 12.6 Å². The van der Waals surface area contributed by atoms with E-state index in [1.165, 1.54) is 42.5 Å². The van der Waals surface area contributed by atoms with E-state index in [1.54, 1.807) is 0 Å². The van der Waals surface area contributed by atoms with E-state index < -0.39 is 0 Å². The highest BCUT2D eigenvalue weighted by Crippen LogP contribution is 2.30. The summed E-state index contributed by atoms with van der Waals surface area (Å²) in [6.07, 6.45) is 5.28. The van der Waals surface area contributed by atoms with E-state index in [9.17, 15) is 0 Å². The maximum absolute atomic E-state index is 3.80. The van der Waals surface area contributed by atoms with Crippen molar-refractivity contribution < 1.29 is 0 Å². The molecule has 3 rings (SSSR count). The fourth-order valence-electron chi connectivity index (χ4n) is 3.77. The van der Waals surface area contributed by atoms with Crippen molar-refractivity contribution in [3.63, 3.8) is 0 Å². The number of benzene rings is 1.